The lowest BCUT2D eigenvalue weighted by Gasteiger charge is -2.32. The third kappa shape index (κ3) is 4.87. The van der Waals surface area contributed by atoms with Crippen LogP contribution in [0.2, 0.25) is 0 Å². The Hall–Kier alpha value is -3.60. The van der Waals surface area contributed by atoms with Gasteiger partial charge in [-0.05, 0) is 30.7 Å². The molecule has 1 atom stereocenters. The fraction of sp³-hybridized carbons (Fsp3) is 0.407. The summed E-state index contributed by atoms with van der Waals surface area (Å²) in [6.07, 6.45) is 0.536. The molecule has 37 heavy (non-hydrogen) atoms. The number of hydrogen-bond acceptors (Lipinski definition) is 8. The van der Waals surface area contributed by atoms with Gasteiger partial charge in [0.1, 0.15) is 6.61 Å². The van der Waals surface area contributed by atoms with Crippen molar-refractivity contribution < 1.29 is 29.6 Å². The second-order valence-electron chi connectivity index (χ2n) is 9.54. The number of cyclic esters (lactones) is 1. The van der Waals surface area contributed by atoms with E-state index in [-0.39, 0.29) is 29.7 Å². The summed E-state index contributed by atoms with van der Waals surface area (Å²) in [5.74, 6) is -1.68. The van der Waals surface area contributed by atoms with Crippen LogP contribution in [0.25, 0.3) is 22.3 Å². The summed E-state index contributed by atoms with van der Waals surface area (Å²) in [5, 5.41) is 32.5. The Morgan fingerprint density at radius 1 is 1.24 bits per heavy atom. The highest BCUT2D eigenvalue weighted by Crippen LogP contribution is 2.40. The number of carboxylic acids is 1. The number of nitrogens with one attached hydrogen (secondary N) is 1. The van der Waals surface area contributed by atoms with Crippen LogP contribution in [0.3, 0.4) is 0 Å². The quantitative estimate of drug-likeness (QED) is 0.285. The zero-order valence-corrected chi connectivity index (χ0v) is 21.1. The van der Waals surface area contributed by atoms with E-state index < -0.39 is 24.1 Å². The second-order valence-corrected chi connectivity index (χ2v) is 9.54. The summed E-state index contributed by atoms with van der Waals surface area (Å²) in [7, 11) is 0. The molecule has 0 saturated carbocycles. The van der Waals surface area contributed by atoms with E-state index in [0.717, 1.165) is 41.9 Å². The molecular formula is C27H31N3O7. The van der Waals surface area contributed by atoms with Gasteiger partial charge in [-0.1, -0.05) is 32.0 Å². The summed E-state index contributed by atoms with van der Waals surface area (Å²) < 4.78 is 6.76. The maximum absolute atomic E-state index is 13.4. The lowest BCUT2D eigenvalue weighted by molar-refractivity contribution is -0.173. The number of rotatable bonds is 6. The molecule has 0 aliphatic carbocycles. The van der Waals surface area contributed by atoms with Crippen LogP contribution in [0.1, 0.15) is 49.4 Å². The fourth-order valence-corrected chi connectivity index (χ4v) is 4.95. The number of carbonyl (C=O) groups excluding carboxylic acids is 1. The molecule has 0 radical (unpaired) electrons. The van der Waals surface area contributed by atoms with E-state index in [1.54, 1.807) is 10.6 Å². The van der Waals surface area contributed by atoms with Crippen LogP contribution in [0, 0.1) is 0 Å². The molecule has 5 rings (SSSR count). The minimum absolute atomic E-state index is 0.196. The molecule has 2 aliphatic rings. The minimum atomic E-state index is -2.05. The number of carboxylic acid groups (broad SMARTS) is 1. The standard InChI is InChI=1S/C25H27N3O5.C2H4O2/c1-14(2)26-9-7-15-16-5-3-4-6-20(16)27-22-17(15)12-28-21(22)11-19-18(23(28)30)13-33-24(31)25(19,32)8-10-29;1-2(3)4/h3-6,11,14,26,29,32H,7-10,12-13H2,1-2H3;1H3,(H,3,4). The number of aliphatic hydroxyl groups is 2. The highest BCUT2D eigenvalue weighted by atomic mass is 16.6. The van der Waals surface area contributed by atoms with Crippen molar-refractivity contribution in [3.05, 3.63) is 62.9 Å². The molecule has 2 aromatic heterocycles. The van der Waals surface area contributed by atoms with Crippen LogP contribution in [-0.4, -0.2) is 56.0 Å². The van der Waals surface area contributed by atoms with Gasteiger partial charge in [-0.3, -0.25) is 9.59 Å². The lowest BCUT2D eigenvalue weighted by Crippen LogP contribution is -2.45. The molecule has 4 heterocycles. The average molecular weight is 510 g/mol. The van der Waals surface area contributed by atoms with Crippen molar-refractivity contribution in [3.8, 4) is 11.4 Å². The highest BCUT2D eigenvalue weighted by Gasteiger charge is 2.46. The number of aliphatic carboxylic acids is 1. The number of ether oxygens (including phenoxy) is 1. The number of aliphatic hydroxyl groups excluding tert-OH is 1. The Kier molecular flexibility index (Phi) is 7.44. The first kappa shape index (κ1) is 26.5. The molecule has 196 valence electrons. The molecule has 10 nitrogen and oxygen atoms in total. The van der Waals surface area contributed by atoms with E-state index in [1.807, 2.05) is 18.2 Å². The smallest absolute Gasteiger partial charge is 0.343 e. The molecule has 10 heteroatoms. The number of pyridine rings is 2. The summed E-state index contributed by atoms with van der Waals surface area (Å²) >= 11 is 0. The Morgan fingerprint density at radius 2 is 1.95 bits per heavy atom. The molecule has 0 fully saturated rings. The molecule has 0 spiro atoms. The molecule has 0 bridgehead atoms. The normalized spacial score (nSPS) is 17.5. The second kappa shape index (κ2) is 10.4. The van der Waals surface area contributed by atoms with E-state index in [9.17, 15) is 19.8 Å². The molecular weight excluding hydrogens is 478 g/mol. The van der Waals surface area contributed by atoms with Gasteiger partial charge >= 0.3 is 5.97 Å². The van der Waals surface area contributed by atoms with Gasteiger partial charge in [0.25, 0.3) is 11.5 Å². The van der Waals surface area contributed by atoms with Crippen molar-refractivity contribution in [2.45, 2.75) is 58.4 Å². The number of nitrogens with zero attached hydrogens (tertiary/aromatic N) is 2. The molecule has 0 amide bonds. The predicted octanol–water partition coefficient (Wildman–Crippen LogP) is 1.68. The van der Waals surface area contributed by atoms with Gasteiger partial charge in [-0.15, -0.1) is 0 Å². The molecule has 1 unspecified atom stereocenters. The zero-order chi connectivity index (χ0) is 26.9. The number of esters is 1. The van der Waals surface area contributed by atoms with Crippen LogP contribution < -0.4 is 10.9 Å². The van der Waals surface area contributed by atoms with Gasteiger partial charge in [0.2, 0.25) is 0 Å². The largest absolute Gasteiger partial charge is 0.481 e. The SMILES string of the molecule is CC(=O)O.CC(C)NCCc1c2c(nc3ccccc13)-c1cc3c(c(=O)n1C2)COC(=O)C3(O)CCO. The van der Waals surface area contributed by atoms with Gasteiger partial charge in [0.15, 0.2) is 5.60 Å². The molecule has 4 N–H and O–H groups in total. The maximum Gasteiger partial charge on any atom is 0.343 e. The van der Waals surface area contributed by atoms with Crippen LogP contribution in [0.4, 0.5) is 0 Å². The Bertz CT molecular complexity index is 1430. The monoisotopic (exact) mass is 509 g/mol. The Morgan fingerprint density at radius 3 is 2.62 bits per heavy atom. The molecule has 1 aromatic carbocycles. The van der Waals surface area contributed by atoms with Gasteiger partial charge < -0.3 is 29.9 Å². The van der Waals surface area contributed by atoms with Gasteiger partial charge in [-0.25, -0.2) is 9.78 Å². The van der Waals surface area contributed by atoms with Gasteiger partial charge in [-0.2, -0.15) is 0 Å². The zero-order valence-electron chi connectivity index (χ0n) is 21.1. The molecule has 0 saturated heterocycles. The number of aromatic nitrogens is 2. The van der Waals surface area contributed by atoms with Crippen molar-refractivity contribution in [1.82, 2.24) is 14.9 Å². The first-order chi connectivity index (χ1) is 17.6. The summed E-state index contributed by atoms with van der Waals surface area (Å²) in [6, 6.07) is 9.96. The first-order valence-electron chi connectivity index (χ1n) is 12.2. The van der Waals surface area contributed by atoms with Gasteiger partial charge in [0.05, 0.1) is 29.0 Å². The Labute approximate surface area is 213 Å². The summed E-state index contributed by atoms with van der Waals surface area (Å²) in [6.45, 7) is 5.84. The number of fused-ring (bicyclic) bond motifs is 5. The van der Waals surface area contributed by atoms with Gasteiger partial charge in [0, 0.05) is 42.5 Å². The number of carbonyl (C=O) groups is 2. The first-order valence-corrected chi connectivity index (χ1v) is 12.2. The van der Waals surface area contributed by atoms with Crippen molar-refractivity contribution in [2.24, 2.45) is 0 Å². The predicted molar refractivity (Wildman–Crippen MR) is 136 cm³/mol. The molecule has 3 aromatic rings. The van der Waals surface area contributed by atoms with E-state index in [4.69, 9.17) is 19.6 Å². The van der Waals surface area contributed by atoms with Crippen molar-refractivity contribution in [2.75, 3.05) is 13.2 Å². The minimum Gasteiger partial charge on any atom is -0.481 e. The lowest BCUT2D eigenvalue weighted by atomic mass is 9.85. The third-order valence-electron chi connectivity index (χ3n) is 6.60. The van der Waals surface area contributed by atoms with E-state index >= 15 is 0 Å². The van der Waals surface area contributed by atoms with E-state index in [2.05, 4.69) is 25.2 Å². The maximum atomic E-state index is 13.4. The topological polar surface area (TPSA) is 151 Å². The van der Waals surface area contributed by atoms with Crippen molar-refractivity contribution in [1.29, 1.82) is 0 Å². The average Bonchev–Trinajstić information content (AvgIpc) is 3.20. The number of hydrogen-bond donors (Lipinski definition) is 4. The fourth-order valence-electron chi connectivity index (χ4n) is 4.95. The molecule has 2 aliphatic heterocycles. The third-order valence-corrected chi connectivity index (χ3v) is 6.60. The van der Waals surface area contributed by atoms with Crippen molar-refractivity contribution in [3.63, 3.8) is 0 Å². The van der Waals surface area contributed by atoms with E-state index in [0.29, 0.717) is 24.0 Å². The van der Waals surface area contributed by atoms with E-state index in [1.165, 1.54) is 0 Å². The number of benzene rings is 1. The van der Waals surface area contributed by atoms with Crippen LogP contribution in [0.5, 0.6) is 0 Å². The summed E-state index contributed by atoms with van der Waals surface area (Å²) in [5.41, 5.74) is 2.31. The van der Waals surface area contributed by atoms with Crippen molar-refractivity contribution >= 4 is 22.8 Å². The number of para-hydroxylation sites is 1. The highest BCUT2D eigenvalue weighted by molar-refractivity contribution is 5.89. The van der Waals surface area contributed by atoms with Crippen LogP contribution in [0.15, 0.2) is 35.1 Å². The van der Waals surface area contributed by atoms with Crippen LogP contribution >= 0.6 is 0 Å². The summed E-state index contributed by atoms with van der Waals surface area (Å²) in [4.78, 5) is 39.7. The van der Waals surface area contributed by atoms with Crippen LogP contribution in [-0.2, 0) is 39.5 Å². The Balaban J connectivity index is 0.000000747.